The number of hydrogen-bond acceptors (Lipinski definition) is 5. The third-order valence-electron chi connectivity index (χ3n) is 3.68. The van der Waals surface area contributed by atoms with E-state index in [1.54, 1.807) is 24.6 Å². The van der Waals surface area contributed by atoms with Crippen LogP contribution < -0.4 is 4.74 Å². The number of rotatable bonds is 4. The van der Waals surface area contributed by atoms with Crippen molar-refractivity contribution in [3.8, 4) is 23.0 Å². The minimum absolute atomic E-state index is 0.579. The Kier molecular flexibility index (Phi) is 4.23. The summed E-state index contributed by atoms with van der Waals surface area (Å²) in [6.07, 6.45) is 1.81. The number of aromatic nitrogens is 2. The molecule has 0 bridgehead atoms. The average molecular weight is 345 g/mol. The van der Waals surface area contributed by atoms with Gasteiger partial charge in [-0.25, -0.2) is 4.98 Å². The molecular weight excluding hydrogens is 330 g/mol. The molecule has 0 aliphatic carbocycles. The van der Waals surface area contributed by atoms with Crippen molar-refractivity contribution < 1.29 is 4.74 Å². The summed E-state index contributed by atoms with van der Waals surface area (Å²) in [5, 5.41) is 2.00. The predicted molar refractivity (Wildman–Crippen MR) is 103 cm³/mol. The van der Waals surface area contributed by atoms with Crippen molar-refractivity contribution in [1.82, 2.24) is 9.97 Å². The number of nitrogens with zero attached hydrogens (tertiary/aromatic N) is 3. The van der Waals surface area contributed by atoms with Gasteiger partial charge in [0.05, 0.1) is 5.52 Å². The summed E-state index contributed by atoms with van der Waals surface area (Å²) in [6.45, 7) is 0. The van der Waals surface area contributed by atoms with Gasteiger partial charge in [-0.1, -0.05) is 30.3 Å². The van der Waals surface area contributed by atoms with Crippen LogP contribution in [0.25, 0.3) is 21.6 Å². The van der Waals surface area contributed by atoms with Gasteiger partial charge in [-0.05, 0) is 41.3 Å². The lowest BCUT2D eigenvalue weighted by atomic mass is 10.2. The molecule has 122 valence electrons. The molecule has 0 radical (unpaired) electrons. The fourth-order valence-corrected chi connectivity index (χ4v) is 3.26. The van der Waals surface area contributed by atoms with Gasteiger partial charge in [-0.2, -0.15) is 4.98 Å². The molecular formula is C20H15N3OS. The van der Waals surface area contributed by atoms with E-state index >= 15 is 0 Å². The third kappa shape index (κ3) is 3.27. The summed E-state index contributed by atoms with van der Waals surface area (Å²) in [4.78, 5) is 13.3. The number of ether oxygens (including phenoxy) is 1. The first-order chi connectivity index (χ1) is 12.3. The molecule has 0 amide bonds. The van der Waals surface area contributed by atoms with E-state index in [4.69, 9.17) is 4.74 Å². The first-order valence-electron chi connectivity index (χ1n) is 7.84. The second kappa shape index (κ2) is 6.83. The molecule has 0 saturated carbocycles. The molecule has 4 aromatic rings. The molecule has 25 heavy (non-hydrogen) atoms. The Labute approximate surface area is 149 Å². The van der Waals surface area contributed by atoms with Crippen LogP contribution in [0.15, 0.2) is 71.0 Å². The lowest BCUT2D eigenvalue weighted by Gasteiger charge is -2.08. The SMILES string of the molecule is CN=Cc1ccc(Oc2nc(-c3ccccc3)nc3ccsc23)cc1. The van der Waals surface area contributed by atoms with Crippen LogP contribution >= 0.6 is 11.3 Å². The lowest BCUT2D eigenvalue weighted by Crippen LogP contribution is -1.94. The molecule has 0 spiro atoms. The van der Waals surface area contributed by atoms with Gasteiger partial charge in [0, 0.05) is 18.8 Å². The number of benzene rings is 2. The summed E-state index contributed by atoms with van der Waals surface area (Å²) in [6, 6.07) is 19.7. The molecule has 0 atom stereocenters. The van der Waals surface area contributed by atoms with Crippen molar-refractivity contribution in [3.05, 3.63) is 71.6 Å². The monoisotopic (exact) mass is 345 g/mol. The largest absolute Gasteiger partial charge is 0.437 e. The lowest BCUT2D eigenvalue weighted by molar-refractivity contribution is 0.470. The zero-order valence-electron chi connectivity index (χ0n) is 13.6. The van der Waals surface area contributed by atoms with Gasteiger partial charge in [-0.15, -0.1) is 11.3 Å². The maximum Gasteiger partial charge on any atom is 0.240 e. The summed E-state index contributed by atoms with van der Waals surface area (Å²) >= 11 is 1.58. The summed E-state index contributed by atoms with van der Waals surface area (Å²) < 4.78 is 7.00. The molecule has 5 heteroatoms. The van der Waals surface area contributed by atoms with E-state index in [0.29, 0.717) is 11.7 Å². The Morgan fingerprint density at radius 1 is 0.960 bits per heavy atom. The van der Waals surface area contributed by atoms with Crippen LogP contribution in [-0.4, -0.2) is 23.2 Å². The van der Waals surface area contributed by atoms with Crippen LogP contribution in [0.5, 0.6) is 11.6 Å². The molecule has 0 aliphatic rings. The Hall–Kier alpha value is -3.05. The molecule has 0 unspecified atom stereocenters. The molecule has 2 aromatic carbocycles. The second-order valence-electron chi connectivity index (χ2n) is 5.41. The van der Waals surface area contributed by atoms with Crippen molar-refractivity contribution >= 4 is 27.8 Å². The van der Waals surface area contributed by atoms with Crippen LogP contribution in [0, 0.1) is 0 Å². The van der Waals surface area contributed by atoms with Crippen LogP contribution in [0.2, 0.25) is 0 Å². The standard InChI is InChI=1S/C20H15N3OS/c1-21-13-14-7-9-16(10-8-14)24-20-18-17(11-12-25-18)22-19(23-20)15-5-3-2-4-6-15/h2-13H,1H3. The van der Waals surface area contributed by atoms with Crippen LogP contribution in [0.3, 0.4) is 0 Å². The summed E-state index contributed by atoms with van der Waals surface area (Å²) in [5.74, 6) is 1.98. The van der Waals surface area contributed by atoms with Gasteiger partial charge in [0.15, 0.2) is 5.82 Å². The molecule has 4 nitrogen and oxygen atoms in total. The van der Waals surface area contributed by atoms with Crippen LogP contribution in [0.4, 0.5) is 0 Å². The fourth-order valence-electron chi connectivity index (χ4n) is 2.50. The molecule has 0 saturated heterocycles. The molecule has 2 heterocycles. The zero-order chi connectivity index (χ0) is 17.1. The number of hydrogen-bond donors (Lipinski definition) is 0. The predicted octanol–water partition coefficient (Wildman–Crippen LogP) is 5.20. The van der Waals surface area contributed by atoms with Gasteiger partial charge in [-0.3, -0.25) is 4.99 Å². The zero-order valence-corrected chi connectivity index (χ0v) is 14.4. The highest BCUT2D eigenvalue weighted by Crippen LogP contribution is 2.33. The number of aliphatic imine (C=N–C) groups is 1. The number of fused-ring (bicyclic) bond motifs is 1. The molecule has 4 rings (SSSR count). The first-order valence-corrected chi connectivity index (χ1v) is 8.72. The molecule has 0 fully saturated rings. The minimum atomic E-state index is 0.579. The highest BCUT2D eigenvalue weighted by molar-refractivity contribution is 7.17. The van der Waals surface area contributed by atoms with Crippen molar-refractivity contribution in [2.45, 2.75) is 0 Å². The molecule has 0 aliphatic heterocycles. The van der Waals surface area contributed by atoms with Crippen molar-refractivity contribution in [3.63, 3.8) is 0 Å². The van der Waals surface area contributed by atoms with E-state index in [-0.39, 0.29) is 0 Å². The second-order valence-corrected chi connectivity index (χ2v) is 6.33. The van der Waals surface area contributed by atoms with Gasteiger partial charge in [0.2, 0.25) is 5.88 Å². The Bertz CT molecular complexity index is 1020. The summed E-state index contributed by atoms with van der Waals surface area (Å²) in [7, 11) is 1.75. The normalized spacial score (nSPS) is 11.2. The van der Waals surface area contributed by atoms with Crippen LogP contribution in [0.1, 0.15) is 5.56 Å². The number of thiophene rings is 1. The van der Waals surface area contributed by atoms with E-state index in [0.717, 1.165) is 27.1 Å². The highest BCUT2D eigenvalue weighted by atomic mass is 32.1. The van der Waals surface area contributed by atoms with Crippen molar-refractivity contribution in [1.29, 1.82) is 0 Å². The van der Waals surface area contributed by atoms with Gasteiger partial charge in [0.25, 0.3) is 0 Å². The van der Waals surface area contributed by atoms with Crippen molar-refractivity contribution in [2.24, 2.45) is 4.99 Å². The van der Waals surface area contributed by atoms with E-state index < -0.39 is 0 Å². The smallest absolute Gasteiger partial charge is 0.240 e. The van der Waals surface area contributed by atoms with Gasteiger partial charge < -0.3 is 4.74 Å². The van der Waals surface area contributed by atoms with E-state index in [9.17, 15) is 0 Å². The fraction of sp³-hybridized carbons (Fsp3) is 0.0500. The third-order valence-corrected chi connectivity index (χ3v) is 4.57. The summed E-state index contributed by atoms with van der Waals surface area (Å²) in [5.41, 5.74) is 2.89. The van der Waals surface area contributed by atoms with Gasteiger partial charge in [0.1, 0.15) is 10.4 Å². The topological polar surface area (TPSA) is 47.4 Å². The van der Waals surface area contributed by atoms with Crippen LogP contribution in [-0.2, 0) is 0 Å². The van der Waals surface area contributed by atoms with E-state index in [2.05, 4.69) is 15.0 Å². The van der Waals surface area contributed by atoms with Gasteiger partial charge >= 0.3 is 0 Å². The van der Waals surface area contributed by atoms with E-state index in [1.807, 2.05) is 66.0 Å². The van der Waals surface area contributed by atoms with E-state index in [1.165, 1.54) is 0 Å². The Morgan fingerprint density at radius 2 is 1.76 bits per heavy atom. The van der Waals surface area contributed by atoms with Crippen molar-refractivity contribution in [2.75, 3.05) is 7.05 Å². The highest BCUT2D eigenvalue weighted by Gasteiger charge is 2.12. The minimum Gasteiger partial charge on any atom is -0.437 e. The molecule has 0 N–H and O–H groups in total. The maximum atomic E-state index is 6.06. The Morgan fingerprint density at radius 3 is 2.52 bits per heavy atom. The maximum absolute atomic E-state index is 6.06. The quantitative estimate of drug-likeness (QED) is 0.478. The molecule has 2 aromatic heterocycles. The first kappa shape index (κ1) is 15.5. The Balaban J connectivity index is 1.74. The average Bonchev–Trinajstić information content (AvgIpc) is 3.13.